The number of carbonyl (C=O) groups is 1. The minimum absolute atomic E-state index is 0.157. The molecule has 2 aromatic heterocycles. The topological polar surface area (TPSA) is 75.2 Å². The first-order valence-corrected chi connectivity index (χ1v) is 13.7. The maximum Gasteiger partial charge on any atom is 0.253 e. The minimum Gasteiger partial charge on any atom is -0.348 e. The van der Waals surface area contributed by atoms with Gasteiger partial charge in [0.05, 0.1) is 28.0 Å². The highest BCUT2D eigenvalue weighted by molar-refractivity contribution is 7.99. The van der Waals surface area contributed by atoms with E-state index in [2.05, 4.69) is 34.9 Å². The third-order valence-corrected chi connectivity index (χ3v) is 7.46. The van der Waals surface area contributed by atoms with Gasteiger partial charge in [0.2, 0.25) is 0 Å². The van der Waals surface area contributed by atoms with Crippen LogP contribution in [0.4, 0.5) is 0 Å². The van der Waals surface area contributed by atoms with E-state index in [0.717, 1.165) is 22.5 Å². The first kappa shape index (κ1) is 24.4. The van der Waals surface area contributed by atoms with Gasteiger partial charge in [-0.2, -0.15) is 0 Å². The summed E-state index contributed by atoms with van der Waals surface area (Å²) in [6, 6.07) is 13.2. The molecule has 0 spiro atoms. The first-order chi connectivity index (χ1) is 16.1. The van der Waals surface area contributed by atoms with Gasteiger partial charge in [0, 0.05) is 43.2 Å². The molecule has 3 heterocycles. The van der Waals surface area contributed by atoms with Crippen LogP contribution >= 0.6 is 11.6 Å². The molecule has 0 fully saturated rings. The van der Waals surface area contributed by atoms with Crippen molar-refractivity contribution in [2.45, 2.75) is 44.4 Å². The fourth-order valence-electron chi connectivity index (χ4n) is 4.31. The van der Waals surface area contributed by atoms with Crippen LogP contribution in [-0.4, -0.2) is 37.1 Å². The number of hydrogen-bond donors (Lipinski definition) is 1. The lowest BCUT2D eigenvalue weighted by atomic mass is 9.99. The quantitative estimate of drug-likeness (QED) is 0.488. The fraction of sp³-hybridized carbons (Fsp3) is 0.308. The van der Waals surface area contributed by atoms with E-state index in [-0.39, 0.29) is 11.9 Å². The van der Waals surface area contributed by atoms with Gasteiger partial charge < -0.3 is 5.32 Å². The predicted octanol–water partition coefficient (Wildman–Crippen LogP) is 4.48. The van der Waals surface area contributed by atoms with E-state index in [0.29, 0.717) is 41.0 Å². The van der Waals surface area contributed by atoms with E-state index < -0.39 is 9.52 Å². The van der Waals surface area contributed by atoms with Crippen molar-refractivity contribution in [3.05, 3.63) is 88.0 Å². The molecule has 8 heteroatoms. The lowest BCUT2D eigenvalue weighted by molar-refractivity contribution is 0.0950. The largest absolute Gasteiger partial charge is 0.348 e. The zero-order valence-corrected chi connectivity index (χ0v) is 21.2. The Kier molecular flexibility index (Phi) is 7.07. The summed E-state index contributed by atoms with van der Waals surface area (Å²) < 4.78 is 12.0. The number of fused-ring (bicyclic) bond motifs is 1. The lowest BCUT2D eigenvalue weighted by Gasteiger charge is -2.27. The number of rotatable bonds is 7. The van der Waals surface area contributed by atoms with Crippen molar-refractivity contribution in [2.75, 3.05) is 6.26 Å². The summed E-state index contributed by atoms with van der Waals surface area (Å²) in [4.78, 5) is 25.0. The van der Waals surface area contributed by atoms with Gasteiger partial charge >= 0.3 is 0 Å². The van der Waals surface area contributed by atoms with Gasteiger partial charge in [-0.1, -0.05) is 37.6 Å². The maximum absolute atomic E-state index is 12.8. The molecule has 34 heavy (non-hydrogen) atoms. The van der Waals surface area contributed by atoms with Crippen molar-refractivity contribution < 1.29 is 9.00 Å². The summed E-state index contributed by atoms with van der Waals surface area (Å²) >= 11 is 5.98. The number of pyridine rings is 2. The third kappa shape index (κ3) is 5.49. The molecule has 1 N–H and O–H groups in total. The Morgan fingerprint density at radius 2 is 1.94 bits per heavy atom. The molecule has 2 atom stereocenters. The van der Waals surface area contributed by atoms with Gasteiger partial charge in [0.25, 0.3) is 5.91 Å². The van der Waals surface area contributed by atoms with Gasteiger partial charge in [-0.15, -0.1) is 0 Å². The standard InChI is InChI=1S/C26H29ClN4O2S/c1-17(2)25-24-20(15-31(25)16-22-8-7-21(27)14-28-22)11-19(13-29-24)26(32)30-12-18-5-9-23(10-6-18)34(3,4)33/h5-11,13-14,17,25H,3,12,15-16H2,1-2,4H3,(H,30,32)/t25-,34?/m0/s1. The van der Waals surface area contributed by atoms with E-state index in [4.69, 9.17) is 16.6 Å². The van der Waals surface area contributed by atoms with Crippen molar-refractivity contribution in [3.8, 4) is 0 Å². The van der Waals surface area contributed by atoms with Crippen molar-refractivity contribution >= 4 is 32.9 Å². The Morgan fingerprint density at radius 1 is 1.21 bits per heavy atom. The molecule has 1 amide bonds. The van der Waals surface area contributed by atoms with Crippen LogP contribution < -0.4 is 5.32 Å². The summed E-state index contributed by atoms with van der Waals surface area (Å²) in [5.74, 6) is 3.89. The Bertz CT molecular complexity index is 1290. The van der Waals surface area contributed by atoms with Crippen LogP contribution in [0.2, 0.25) is 5.02 Å². The number of halogens is 1. The Labute approximate surface area is 206 Å². The minimum atomic E-state index is -2.25. The highest BCUT2D eigenvalue weighted by Crippen LogP contribution is 2.38. The highest BCUT2D eigenvalue weighted by Gasteiger charge is 2.34. The number of nitrogens with zero attached hydrogens (tertiary/aromatic N) is 3. The van der Waals surface area contributed by atoms with Crippen LogP contribution in [-0.2, 0) is 29.2 Å². The smallest absolute Gasteiger partial charge is 0.253 e. The van der Waals surface area contributed by atoms with E-state index in [1.165, 1.54) is 0 Å². The number of amides is 1. The second kappa shape index (κ2) is 9.86. The second-order valence-electron chi connectivity index (χ2n) is 9.16. The zero-order chi connectivity index (χ0) is 24.5. The maximum atomic E-state index is 12.8. The zero-order valence-electron chi connectivity index (χ0n) is 19.6. The van der Waals surface area contributed by atoms with Crippen LogP contribution in [0.3, 0.4) is 0 Å². The summed E-state index contributed by atoms with van der Waals surface area (Å²) in [5.41, 5.74) is 4.50. The van der Waals surface area contributed by atoms with Gasteiger partial charge in [-0.25, -0.2) is 0 Å². The molecular weight excluding hydrogens is 468 g/mol. The van der Waals surface area contributed by atoms with E-state index in [1.54, 1.807) is 30.8 Å². The molecule has 1 aliphatic rings. The molecule has 1 unspecified atom stereocenters. The van der Waals surface area contributed by atoms with Crippen LogP contribution in [0.5, 0.6) is 0 Å². The van der Waals surface area contributed by atoms with Crippen LogP contribution in [0.15, 0.2) is 59.8 Å². The Hall–Kier alpha value is -2.74. The molecule has 0 bridgehead atoms. The van der Waals surface area contributed by atoms with Crippen molar-refractivity contribution in [3.63, 3.8) is 0 Å². The molecule has 6 nitrogen and oxygen atoms in total. The van der Waals surface area contributed by atoms with Gasteiger partial charge in [-0.05, 0) is 62.8 Å². The molecular formula is C26H29ClN4O2S. The summed E-state index contributed by atoms with van der Waals surface area (Å²) in [6.45, 7) is 6.13. The van der Waals surface area contributed by atoms with E-state index >= 15 is 0 Å². The summed E-state index contributed by atoms with van der Waals surface area (Å²) in [5, 5.41) is 3.57. The number of aromatic nitrogens is 2. The lowest BCUT2D eigenvalue weighted by Crippen LogP contribution is -2.26. The monoisotopic (exact) mass is 496 g/mol. The SMILES string of the molecule is C=S(C)(=O)c1ccc(CNC(=O)c2cnc3c(c2)CN(Cc2ccc(Cl)cn2)[C@H]3C(C)C)cc1. The Balaban J connectivity index is 1.46. The highest BCUT2D eigenvalue weighted by atomic mass is 35.5. The summed E-state index contributed by atoms with van der Waals surface area (Å²) in [7, 11) is -2.25. The second-order valence-corrected chi connectivity index (χ2v) is 12.1. The molecule has 4 rings (SSSR count). The fourth-order valence-corrected chi connectivity index (χ4v) is 5.13. The molecule has 0 saturated carbocycles. The molecule has 0 aliphatic carbocycles. The van der Waals surface area contributed by atoms with E-state index in [1.807, 2.05) is 30.3 Å². The van der Waals surface area contributed by atoms with Crippen LogP contribution in [0.1, 0.15) is 52.8 Å². The van der Waals surface area contributed by atoms with Crippen LogP contribution in [0, 0.1) is 5.92 Å². The summed E-state index contributed by atoms with van der Waals surface area (Å²) in [6.07, 6.45) is 4.94. The molecule has 1 aromatic carbocycles. The van der Waals surface area contributed by atoms with Gasteiger partial charge in [0.15, 0.2) is 0 Å². The molecule has 178 valence electrons. The Morgan fingerprint density at radius 3 is 2.56 bits per heavy atom. The van der Waals surface area contributed by atoms with E-state index in [9.17, 15) is 9.00 Å². The van der Waals surface area contributed by atoms with Crippen molar-refractivity contribution in [1.29, 1.82) is 0 Å². The van der Waals surface area contributed by atoms with Crippen molar-refractivity contribution in [2.24, 2.45) is 5.92 Å². The molecule has 3 aromatic rings. The average Bonchev–Trinajstić information content (AvgIpc) is 3.16. The number of hydrogen-bond acceptors (Lipinski definition) is 5. The number of benzene rings is 1. The normalized spacial score (nSPS) is 17.4. The number of nitrogens with one attached hydrogen (secondary N) is 1. The van der Waals surface area contributed by atoms with Crippen LogP contribution in [0.25, 0.3) is 0 Å². The predicted molar refractivity (Wildman–Crippen MR) is 137 cm³/mol. The average molecular weight is 497 g/mol. The van der Waals surface area contributed by atoms with Gasteiger partial charge in [0.1, 0.15) is 0 Å². The molecule has 0 radical (unpaired) electrons. The first-order valence-electron chi connectivity index (χ1n) is 11.1. The molecule has 0 saturated heterocycles. The molecule has 1 aliphatic heterocycles. The van der Waals surface area contributed by atoms with Crippen molar-refractivity contribution in [1.82, 2.24) is 20.2 Å². The number of carbonyl (C=O) groups excluding carboxylic acids is 1. The third-order valence-electron chi connectivity index (χ3n) is 5.97. The van der Waals surface area contributed by atoms with Gasteiger partial charge in [-0.3, -0.25) is 23.9 Å².